The second kappa shape index (κ2) is 7.11. The molecule has 0 aromatic carbocycles. The molecule has 0 bridgehead atoms. The Labute approximate surface area is 117 Å². The van der Waals surface area contributed by atoms with Gasteiger partial charge in [0.05, 0.1) is 6.54 Å². The highest BCUT2D eigenvalue weighted by Crippen LogP contribution is 2.30. The summed E-state index contributed by atoms with van der Waals surface area (Å²) in [6.07, 6.45) is 4.01. The van der Waals surface area contributed by atoms with Gasteiger partial charge in [-0.05, 0) is 51.3 Å². The molecule has 1 fully saturated rings. The zero-order valence-corrected chi connectivity index (χ0v) is 12.7. The third-order valence-electron chi connectivity index (χ3n) is 3.85. The van der Waals surface area contributed by atoms with E-state index in [1.165, 1.54) is 31.4 Å². The maximum Gasteiger partial charge on any atom is 0.118 e. The van der Waals surface area contributed by atoms with Crippen molar-refractivity contribution in [1.82, 2.24) is 10.2 Å². The molecule has 1 aliphatic carbocycles. The van der Waals surface area contributed by atoms with Gasteiger partial charge in [0.15, 0.2) is 0 Å². The Morgan fingerprint density at radius 1 is 1.37 bits per heavy atom. The highest BCUT2D eigenvalue weighted by atomic mass is 16.3. The molecular formula is C16H28N2O. The lowest BCUT2D eigenvalue weighted by atomic mass is 10.2. The van der Waals surface area contributed by atoms with Crippen LogP contribution >= 0.6 is 0 Å². The van der Waals surface area contributed by atoms with Crippen LogP contribution in [0.25, 0.3) is 0 Å². The van der Waals surface area contributed by atoms with Gasteiger partial charge in [-0.2, -0.15) is 0 Å². The van der Waals surface area contributed by atoms with Crippen LogP contribution in [0.1, 0.15) is 50.2 Å². The van der Waals surface area contributed by atoms with E-state index in [4.69, 9.17) is 4.42 Å². The Morgan fingerprint density at radius 3 is 2.79 bits per heavy atom. The van der Waals surface area contributed by atoms with Gasteiger partial charge in [-0.15, -0.1) is 0 Å². The lowest BCUT2D eigenvalue weighted by molar-refractivity contribution is 0.244. The minimum atomic E-state index is 0.928. The molecule has 108 valence electrons. The van der Waals surface area contributed by atoms with Crippen LogP contribution in [-0.2, 0) is 13.1 Å². The molecule has 0 saturated heterocycles. The van der Waals surface area contributed by atoms with Gasteiger partial charge in [-0.3, -0.25) is 4.90 Å². The molecule has 0 aliphatic heterocycles. The molecule has 0 spiro atoms. The maximum absolute atomic E-state index is 5.90. The Morgan fingerprint density at radius 2 is 2.16 bits per heavy atom. The van der Waals surface area contributed by atoms with Crippen molar-refractivity contribution in [3.63, 3.8) is 0 Å². The quantitative estimate of drug-likeness (QED) is 0.694. The predicted octanol–water partition coefficient (Wildman–Crippen LogP) is 3.32. The largest absolute Gasteiger partial charge is 0.465 e. The SMILES string of the molecule is CCCNCc1cc(CN(CC)CC2CC2)oc1C. The Balaban J connectivity index is 1.86. The number of aryl methyl sites for hydroxylation is 1. The zero-order chi connectivity index (χ0) is 13.7. The summed E-state index contributed by atoms with van der Waals surface area (Å²) < 4.78 is 5.90. The first kappa shape index (κ1) is 14.6. The molecule has 1 N–H and O–H groups in total. The first-order chi connectivity index (χ1) is 9.22. The molecule has 19 heavy (non-hydrogen) atoms. The number of rotatable bonds is 9. The van der Waals surface area contributed by atoms with Gasteiger partial charge in [0, 0.05) is 18.7 Å². The van der Waals surface area contributed by atoms with E-state index in [-0.39, 0.29) is 0 Å². The van der Waals surface area contributed by atoms with Crippen molar-refractivity contribution in [1.29, 1.82) is 0 Å². The topological polar surface area (TPSA) is 28.4 Å². The standard InChI is InChI=1S/C16H28N2O/c1-4-8-17-10-15-9-16(19-13(15)3)12-18(5-2)11-14-6-7-14/h9,14,17H,4-8,10-12H2,1-3H3. The van der Waals surface area contributed by atoms with Gasteiger partial charge in [0.2, 0.25) is 0 Å². The Hall–Kier alpha value is -0.800. The summed E-state index contributed by atoms with van der Waals surface area (Å²) in [7, 11) is 0. The van der Waals surface area contributed by atoms with Gasteiger partial charge in [0.25, 0.3) is 0 Å². The van der Waals surface area contributed by atoms with Gasteiger partial charge < -0.3 is 9.73 Å². The highest BCUT2D eigenvalue weighted by molar-refractivity contribution is 5.20. The minimum Gasteiger partial charge on any atom is -0.465 e. The molecule has 1 aliphatic rings. The van der Waals surface area contributed by atoms with E-state index >= 15 is 0 Å². The van der Waals surface area contributed by atoms with Crippen molar-refractivity contribution in [2.24, 2.45) is 5.92 Å². The molecule has 2 rings (SSSR count). The van der Waals surface area contributed by atoms with E-state index in [1.54, 1.807) is 0 Å². The maximum atomic E-state index is 5.90. The third-order valence-corrected chi connectivity index (χ3v) is 3.85. The van der Waals surface area contributed by atoms with E-state index < -0.39 is 0 Å². The minimum absolute atomic E-state index is 0.928. The fourth-order valence-electron chi connectivity index (χ4n) is 2.43. The van der Waals surface area contributed by atoms with Crippen LogP contribution in [0.4, 0.5) is 0 Å². The summed E-state index contributed by atoms with van der Waals surface area (Å²) >= 11 is 0. The summed E-state index contributed by atoms with van der Waals surface area (Å²) in [5.74, 6) is 3.14. The second-order valence-corrected chi connectivity index (χ2v) is 5.74. The fourth-order valence-corrected chi connectivity index (χ4v) is 2.43. The van der Waals surface area contributed by atoms with Crippen LogP contribution < -0.4 is 5.32 Å². The first-order valence-electron chi connectivity index (χ1n) is 7.74. The van der Waals surface area contributed by atoms with E-state index in [0.29, 0.717) is 0 Å². The number of nitrogens with zero attached hydrogens (tertiary/aromatic N) is 1. The molecule has 0 unspecified atom stereocenters. The lowest BCUT2D eigenvalue weighted by Gasteiger charge is -2.18. The molecule has 1 aromatic heterocycles. The van der Waals surface area contributed by atoms with Crippen LogP contribution in [0.5, 0.6) is 0 Å². The van der Waals surface area contributed by atoms with Crippen molar-refractivity contribution in [3.05, 3.63) is 23.2 Å². The van der Waals surface area contributed by atoms with Crippen LogP contribution in [0, 0.1) is 12.8 Å². The predicted molar refractivity (Wildman–Crippen MR) is 79.1 cm³/mol. The summed E-state index contributed by atoms with van der Waals surface area (Å²) in [5.41, 5.74) is 1.31. The van der Waals surface area contributed by atoms with Gasteiger partial charge in [0.1, 0.15) is 11.5 Å². The number of furan rings is 1. The number of nitrogens with one attached hydrogen (secondary N) is 1. The van der Waals surface area contributed by atoms with Crippen LogP contribution in [0.15, 0.2) is 10.5 Å². The van der Waals surface area contributed by atoms with E-state index in [0.717, 1.165) is 43.6 Å². The monoisotopic (exact) mass is 264 g/mol. The molecule has 3 nitrogen and oxygen atoms in total. The van der Waals surface area contributed by atoms with E-state index in [9.17, 15) is 0 Å². The van der Waals surface area contributed by atoms with Crippen molar-refractivity contribution < 1.29 is 4.42 Å². The summed E-state index contributed by atoms with van der Waals surface area (Å²) in [5, 5.41) is 3.44. The summed E-state index contributed by atoms with van der Waals surface area (Å²) in [6, 6.07) is 2.23. The molecule has 1 saturated carbocycles. The molecule has 3 heteroatoms. The highest BCUT2D eigenvalue weighted by Gasteiger charge is 2.24. The number of hydrogen-bond acceptors (Lipinski definition) is 3. The van der Waals surface area contributed by atoms with Gasteiger partial charge in [-0.25, -0.2) is 0 Å². The smallest absolute Gasteiger partial charge is 0.118 e. The van der Waals surface area contributed by atoms with Crippen LogP contribution in [-0.4, -0.2) is 24.5 Å². The van der Waals surface area contributed by atoms with Crippen molar-refractivity contribution in [3.8, 4) is 0 Å². The number of hydrogen-bond donors (Lipinski definition) is 1. The van der Waals surface area contributed by atoms with Crippen molar-refractivity contribution in [2.45, 2.75) is 53.1 Å². The average molecular weight is 264 g/mol. The average Bonchev–Trinajstić information content (AvgIpc) is 3.14. The molecule has 1 aromatic rings. The van der Waals surface area contributed by atoms with Crippen molar-refractivity contribution >= 4 is 0 Å². The Bertz CT molecular complexity index is 382. The Kier molecular flexibility index (Phi) is 5.46. The molecule has 0 atom stereocenters. The van der Waals surface area contributed by atoms with Gasteiger partial charge >= 0.3 is 0 Å². The van der Waals surface area contributed by atoms with Gasteiger partial charge in [-0.1, -0.05) is 13.8 Å². The lowest BCUT2D eigenvalue weighted by Crippen LogP contribution is -2.24. The molecule has 0 radical (unpaired) electrons. The summed E-state index contributed by atoms with van der Waals surface area (Å²) in [4.78, 5) is 2.50. The molecule has 1 heterocycles. The molecule has 0 amide bonds. The zero-order valence-electron chi connectivity index (χ0n) is 12.7. The fraction of sp³-hybridized carbons (Fsp3) is 0.750. The third kappa shape index (κ3) is 4.66. The molecular weight excluding hydrogens is 236 g/mol. The van der Waals surface area contributed by atoms with Crippen LogP contribution in [0.2, 0.25) is 0 Å². The second-order valence-electron chi connectivity index (χ2n) is 5.74. The van der Waals surface area contributed by atoms with E-state index in [1.807, 2.05) is 0 Å². The van der Waals surface area contributed by atoms with Crippen molar-refractivity contribution in [2.75, 3.05) is 19.6 Å². The van der Waals surface area contributed by atoms with Crippen LogP contribution in [0.3, 0.4) is 0 Å². The normalized spacial score (nSPS) is 15.4. The first-order valence-corrected chi connectivity index (χ1v) is 7.74. The van der Waals surface area contributed by atoms with E-state index in [2.05, 4.69) is 37.1 Å². The summed E-state index contributed by atoms with van der Waals surface area (Å²) in [6.45, 7) is 11.8.